The van der Waals surface area contributed by atoms with Crippen LogP contribution >= 0.6 is 0 Å². The number of ether oxygens (including phenoxy) is 1. The van der Waals surface area contributed by atoms with Crippen LogP contribution in [0.2, 0.25) is 0 Å². The van der Waals surface area contributed by atoms with Gasteiger partial charge in [0.1, 0.15) is 0 Å². The molecule has 1 aromatic heterocycles. The minimum Gasteiger partial charge on any atom is -0.379 e. The van der Waals surface area contributed by atoms with Gasteiger partial charge < -0.3 is 9.30 Å². The maximum absolute atomic E-state index is 11.7. The number of carbonyl (C=O) groups excluding carboxylic acids is 1. The minimum atomic E-state index is 0.299. The summed E-state index contributed by atoms with van der Waals surface area (Å²) < 4.78 is 7.75. The fourth-order valence-corrected chi connectivity index (χ4v) is 2.28. The average molecular weight is 235 g/mol. The van der Waals surface area contributed by atoms with E-state index in [1.54, 1.807) is 0 Å². The van der Waals surface area contributed by atoms with Crippen LogP contribution in [-0.4, -0.2) is 23.6 Å². The lowest BCUT2D eigenvalue weighted by Crippen LogP contribution is -2.15. The fourth-order valence-electron chi connectivity index (χ4n) is 2.28. The Morgan fingerprint density at radius 2 is 2.24 bits per heavy atom. The smallest absolute Gasteiger partial charge is 0.164 e. The molecule has 1 aromatic rings. The Kier molecular flexibility index (Phi) is 4.00. The number of Topliss-reactive ketones (excluding diaryl/α,β-unsaturated/α-hetero) is 1. The van der Waals surface area contributed by atoms with Gasteiger partial charge in [0.15, 0.2) is 5.78 Å². The number of aromatic nitrogens is 1. The predicted octanol–water partition coefficient (Wildman–Crippen LogP) is 2.68. The molecule has 0 spiro atoms. The van der Waals surface area contributed by atoms with Crippen molar-refractivity contribution in [3.63, 3.8) is 0 Å². The van der Waals surface area contributed by atoms with Gasteiger partial charge in [-0.1, -0.05) is 13.8 Å². The lowest BCUT2D eigenvalue weighted by atomic mass is 9.97. The number of ketones is 1. The second-order valence-electron chi connectivity index (χ2n) is 5.11. The first kappa shape index (κ1) is 12.4. The van der Waals surface area contributed by atoms with E-state index in [9.17, 15) is 4.79 Å². The highest BCUT2D eigenvalue weighted by Gasteiger charge is 2.20. The molecule has 0 saturated heterocycles. The molecule has 0 unspecified atom stereocenters. The van der Waals surface area contributed by atoms with Crippen LogP contribution in [0.4, 0.5) is 0 Å². The Morgan fingerprint density at radius 1 is 1.41 bits per heavy atom. The Labute approximate surface area is 103 Å². The van der Waals surface area contributed by atoms with Crippen LogP contribution in [0.25, 0.3) is 0 Å². The van der Waals surface area contributed by atoms with E-state index in [0.29, 0.717) is 18.1 Å². The normalized spacial score (nSPS) is 15.4. The first-order valence-electron chi connectivity index (χ1n) is 6.47. The molecular formula is C14H21NO2. The van der Waals surface area contributed by atoms with Crippen molar-refractivity contribution in [3.05, 3.63) is 23.5 Å². The third kappa shape index (κ3) is 2.97. The monoisotopic (exact) mass is 235 g/mol. The summed E-state index contributed by atoms with van der Waals surface area (Å²) in [6.07, 6.45) is 4.74. The fraction of sp³-hybridized carbons (Fsp3) is 0.643. The Hall–Kier alpha value is -1.09. The Bertz CT molecular complexity index is 393. The topological polar surface area (TPSA) is 31.2 Å². The van der Waals surface area contributed by atoms with Crippen molar-refractivity contribution in [1.82, 2.24) is 4.57 Å². The number of hydrogen-bond donors (Lipinski definition) is 0. The molecule has 1 heterocycles. The molecule has 0 atom stereocenters. The molecule has 2 rings (SSSR count). The first-order chi connectivity index (χ1) is 8.18. The summed E-state index contributed by atoms with van der Waals surface area (Å²) in [5.41, 5.74) is 2.13. The molecule has 0 aromatic carbocycles. The number of carbonyl (C=O) groups is 1. The van der Waals surface area contributed by atoms with E-state index < -0.39 is 0 Å². The second-order valence-corrected chi connectivity index (χ2v) is 5.11. The van der Waals surface area contributed by atoms with Gasteiger partial charge >= 0.3 is 0 Å². The lowest BCUT2D eigenvalue weighted by molar-refractivity contribution is 0.0964. The summed E-state index contributed by atoms with van der Waals surface area (Å²) in [6, 6.07) is 1.96. The molecule has 0 amide bonds. The SMILES string of the molecule is CC(C)COCCn1ccc2c1CCCC2=O. The summed E-state index contributed by atoms with van der Waals surface area (Å²) >= 11 is 0. The van der Waals surface area contributed by atoms with E-state index in [-0.39, 0.29) is 0 Å². The van der Waals surface area contributed by atoms with Gasteiger partial charge in [-0.3, -0.25) is 4.79 Å². The van der Waals surface area contributed by atoms with Crippen molar-refractivity contribution in [2.75, 3.05) is 13.2 Å². The number of rotatable bonds is 5. The van der Waals surface area contributed by atoms with Gasteiger partial charge in [-0.2, -0.15) is 0 Å². The summed E-state index contributed by atoms with van der Waals surface area (Å²) in [5, 5.41) is 0. The molecule has 0 saturated carbocycles. The molecule has 3 nitrogen and oxygen atoms in total. The number of hydrogen-bond acceptors (Lipinski definition) is 2. The van der Waals surface area contributed by atoms with E-state index >= 15 is 0 Å². The van der Waals surface area contributed by atoms with Crippen LogP contribution in [0.15, 0.2) is 12.3 Å². The molecule has 0 fully saturated rings. The van der Waals surface area contributed by atoms with Crippen molar-refractivity contribution in [2.24, 2.45) is 5.92 Å². The molecule has 3 heteroatoms. The van der Waals surface area contributed by atoms with Crippen LogP contribution in [0.1, 0.15) is 42.7 Å². The van der Waals surface area contributed by atoms with Crippen LogP contribution < -0.4 is 0 Å². The Morgan fingerprint density at radius 3 is 3.00 bits per heavy atom. The van der Waals surface area contributed by atoms with E-state index in [1.165, 1.54) is 5.69 Å². The van der Waals surface area contributed by atoms with Gasteiger partial charge in [-0.05, 0) is 24.8 Å². The van der Waals surface area contributed by atoms with E-state index in [2.05, 4.69) is 18.4 Å². The molecule has 0 aliphatic heterocycles. The molecule has 1 aliphatic rings. The minimum absolute atomic E-state index is 0.299. The zero-order valence-corrected chi connectivity index (χ0v) is 10.7. The maximum atomic E-state index is 11.7. The van der Waals surface area contributed by atoms with Crippen LogP contribution in [0.3, 0.4) is 0 Å². The second kappa shape index (κ2) is 5.50. The maximum Gasteiger partial charge on any atom is 0.164 e. The van der Waals surface area contributed by atoms with Crippen LogP contribution in [0, 0.1) is 5.92 Å². The molecule has 1 aliphatic carbocycles. The van der Waals surface area contributed by atoms with Crippen molar-refractivity contribution in [3.8, 4) is 0 Å². The highest BCUT2D eigenvalue weighted by atomic mass is 16.5. The van der Waals surface area contributed by atoms with E-state index in [0.717, 1.165) is 38.2 Å². The molecule has 0 N–H and O–H groups in total. The van der Waals surface area contributed by atoms with Gasteiger partial charge in [-0.15, -0.1) is 0 Å². The predicted molar refractivity (Wildman–Crippen MR) is 67.4 cm³/mol. The molecule has 0 bridgehead atoms. The highest BCUT2D eigenvalue weighted by Crippen LogP contribution is 2.22. The van der Waals surface area contributed by atoms with Crippen LogP contribution in [0.5, 0.6) is 0 Å². The molecule has 94 valence electrons. The molecular weight excluding hydrogens is 214 g/mol. The van der Waals surface area contributed by atoms with Gasteiger partial charge in [0.05, 0.1) is 6.61 Å². The Balaban J connectivity index is 1.91. The van der Waals surface area contributed by atoms with Gasteiger partial charge in [-0.25, -0.2) is 0 Å². The summed E-state index contributed by atoms with van der Waals surface area (Å²) in [7, 11) is 0. The zero-order chi connectivity index (χ0) is 12.3. The molecule has 0 radical (unpaired) electrons. The van der Waals surface area contributed by atoms with Crippen molar-refractivity contribution < 1.29 is 9.53 Å². The van der Waals surface area contributed by atoms with E-state index in [4.69, 9.17) is 4.74 Å². The van der Waals surface area contributed by atoms with Crippen molar-refractivity contribution in [1.29, 1.82) is 0 Å². The zero-order valence-electron chi connectivity index (χ0n) is 10.7. The average Bonchev–Trinajstić information content (AvgIpc) is 2.69. The first-order valence-corrected chi connectivity index (χ1v) is 6.47. The van der Waals surface area contributed by atoms with Crippen molar-refractivity contribution >= 4 is 5.78 Å². The van der Waals surface area contributed by atoms with Gasteiger partial charge in [0, 0.05) is 37.0 Å². The third-order valence-electron chi connectivity index (χ3n) is 3.12. The lowest BCUT2D eigenvalue weighted by Gasteiger charge is -2.15. The number of nitrogens with zero attached hydrogens (tertiary/aromatic N) is 1. The number of fused-ring (bicyclic) bond motifs is 1. The van der Waals surface area contributed by atoms with Gasteiger partial charge in [0.2, 0.25) is 0 Å². The van der Waals surface area contributed by atoms with E-state index in [1.807, 2.05) is 12.3 Å². The standard InChI is InChI=1S/C14H21NO2/c1-11(2)10-17-9-8-15-7-6-12-13(15)4-3-5-14(12)16/h6-7,11H,3-5,8-10H2,1-2H3. The van der Waals surface area contributed by atoms with Crippen molar-refractivity contribution in [2.45, 2.75) is 39.7 Å². The summed E-state index contributed by atoms with van der Waals surface area (Å²) in [4.78, 5) is 11.7. The largest absolute Gasteiger partial charge is 0.379 e. The summed E-state index contributed by atoms with van der Waals surface area (Å²) in [6.45, 7) is 6.69. The molecule has 17 heavy (non-hydrogen) atoms. The highest BCUT2D eigenvalue weighted by molar-refractivity contribution is 5.98. The van der Waals surface area contributed by atoms with Crippen LogP contribution in [-0.2, 0) is 17.7 Å². The van der Waals surface area contributed by atoms with Gasteiger partial charge in [0.25, 0.3) is 0 Å². The summed E-state index contributed by atoms with van der Waals surface area (Å²) in [5.74, 6) is 0.878. The quantitative estimate of drug-likeness (QED) is 0.735. The third-order valence-corrected chi connectivity index (χ3v) is 3.12.